The first-order valence-corrected chi connectivity index (χ1v) is 6.70. The van der Waals surface area contributed by atoms with Gasteiger partial charge in [0.15, 0.2) is 11.6 Å². The van der Waals surface area contributed by atoms with Crippen molar-refractivity contribution in [3.8, 4) is 5.75 Å². The minimum Gasteiger partial charge on any atom is -0.490 e. The molecule has 2 rings (SSSR count). The van der Waals surface area contributed by atoms with Crippen LogP contribution in [-0.4, -0.2) is 25.1 Å². The summed E-state index contributed by atoms with van der Waals surface area (Å²) in [5.74, 6) is -3.17. The molecule has 7 heteroatoms. The molecule has 0 fully saturated rings. The second-order valence-corrected chi connectivity index (χ2v) is 5.07. The van der Waals surface area contributed by atoms with Crippen LogP contribution in [-0.2, 0) is 0 Å². The minimum atomic E-state index is -2.82. The maximum absolute atomic E-state index is 13.6. The smallest absolute Gasteiger partial charge is 0.315 e. The quantitative estimate of drug-likeness (QED) is 0.898. The van der Waals surface area contributed by atoms with E-state index in [2.05, 4.69) is 10.6 Å². The zero-order chi connectivity index (χ0) is 15.5. The Morgan fingerprint density at radius 1 is 1.48 bits per heavy atom. The molecule has 0 radical (unpaired) electrons. The molecule has 0 aromatic heterocycles. The van der Waals surface area contributed by atoms with Gasteiger partial charge in [-0.25, -0.2) is 18.0 Å². The van der Waals surface area contributed by atoms with Gasteiger partial charge < -0.3 is 15.4 Å². The van der Waals surface area contributed by atoms with Crippen LogP contribution in [0.25, 0.3) is 0 Å². The summed E-state index contributed by atoms with van der Waals surface area (Å²) in [5.41, 5.74) is 0.553. The highest BCUT2D eigenvalue weighted by molar-refractivity contribution is 5.74. The fraction of sp³-hybridized carbons (Fsp3) is 0.500. The highest BCUT2D eigenvalue weighted by atomic mass is 19.3. The molecule has 0 unspecified atom stereocenters. The third-order valence-electron chi connectivity index (χ3n) is 3.18. The number of hydrogen-bond acceptors (Lipinski definition) is 2. The number of carbonyl (C=O) groups is 1. The van der Waals surface area contributed by atoms with Crippen LogP contribution in [0.15, 0.2) is 18.2 Å². The van der Waals surface area contributed by atoms with Crippen LogP contribution in [0.2, 0.25) is 0 Å². The van der Waals surface area contributed by atoms with E-state index in [9.17, 15) is 18.0 Å². The van der Waals surface area contributed by atoms with E-state index < -0.39 is 30.2 Å². The first-order chi connectivity index (χ1) is 9.87. The zero-order valence-electron chi connectivity index (χ0n) is 11.6. The lowest BCUT2D eigenvalue weighted by atomic mass is 10.0. The lowest BCUT2D eigenvalue weighted by Crippen LogP contribution is -2.40. The summed E-state index contributed by atoms with van der Waals surface area (Å²) in [6, 6.07) is 3.54. The first-order valence-electron chi connectivity index (χ1n) is 6.70. The van der Waals surface area contributed by atoms with Gasteiger partial charge in [-0.05, 0) is 13.0 Å². The molecule has 1 aromatic rings. The van der Waals surface area contributed by atoms with Crippen molar-refractivity contribution in [3.63, 3.8) is 0 Å². The largest absolute Gasteiger partial charge is 0.490 e. The third-order valence-corrected chi connectivity index (χ3v) is 3.18. The van der Waals surface area contributed by atoms with E-state index in [0.29, 0.717) is 12.0 Å². The van der Waals surface area contributed by atoms with E-state index >= 15 is 0 Å². The normalized spacial score (nSPS) is 17.6. The number of nitrogens with one attached hydrogen (secondary N) is 2. The van der Waals surface area contributed by atoms with Crippen molar-refractivity contribution in [3.05, 3.63) is 29.6 Å². The Labute approximate surface area is 120 Å². The molecule has 0 bridgehead atoms. The van der Waals surface area contributed by atoms with Crippen molar-refractivity contribution in [1.29, 1.82) is 0 Å². The van der Waals surface area contributed by atoms with E-state index in [1.54, 1.807) is 6.07 Å². The number of benzene rings is 1. The van der Waals surface area contributed by atoms with Gasteiger partial charge in [-0.1, -0.05) is 12.1 Å². The lowest BCUT2D eigenvalue weighted by Gasteiger charge is -2.27. The molecule has 0 saturated carbocycles. The Morgan fingerprint density at radius 3 is 2.95 bits per heavy atom. The van der Waals surface area contributed by atoms with Crippen LogP contribution < -0.4 is 15.4 Å². The van der Waals surface area contributed by atoms with E-state index in [1.165, 1.54) is 12.1 Å². The van der Waals surface area contributed by atoms with Gasteiger partial charge in [-0.3, -0.25) is 0 Å². The maximum atomic E-state index is 13.6. The number of halogens is 3. The second kappa shape index (κ2) is 6.24. The summed E-state index contributed by atoms with van der Waals surface area (Å²) < 4.78 is 44.1. The summed E-state index contributed by atoms with van der Waals surface area (Å²) in [5, 5.41) is 5.01. The number of carbonyl (C=O) groups excluding carboxylic acids is 1. The first kappa shape index (κ1) is 15.5. The molecule has 1 atom stereocenters. The summed E-state index contributed by atoms with van der Waals surface area (Å²) in [6.45, 7) is 0.949. The van der Waals surface area contributed by atoms with Crippen LogP contribution in [0.5, 0.6) is 5.75 Å². The average molecular weight is 302 g/mol. The van der Waals surface area contributed by atoms with Crippen LogP contribution in [0.3, 0.4) is 0 Å². The van der Waals surface area contributed by atoms with E-state index in [1.807, 2.05) is 0 Å². The van der Waals surface area contributed by atoms with Crippen LogP contribution >= 0.6 is 0 Å². The maximum Gasteiger partial charge on any atom is 0.315 e. The number of alkyl halides is 2. The summed E-state index contributed by atoms with van der Waals surface area (Å²) >= 11 is 0. The molecular formula is C14H17F3N2O2. The second-order valence-electron chi connectivity index (χ2n) is 5.07. The fourth-order valence-electron chi connectivity index (χ4n) is 2.14. The molecule has 1 aliphatic rings. The number of hydrogen-bond donors (Lipinski definition) is 2. The Balaban J connectivity index is 1.93. The van der Waals surface area contributed by atoms with Gasteiger partial charge in [-0.15, -0.1) is 0 Å². The SMILES string of the molecule is CC(F)(F)CCNC(=O)N[C@H]1CCOc2c(F)cccc21. The predicted octanol–water partition coefficient (Wildman–Crippen LogP) is 2.99. The van der Waals surface area contributed by atoms with Crippen LogP contribution in [0.1, 0.15) is 31.4 Å². The van der Waals surface area contributed by atoms with Crippen molar-refractivity contribution in [2.75, 3.05) is 13.2 Å². The summed E-state index contributed by atoms with van der Waals surface area (Å²) in [6.07, 6.45) is 0.0627. The molecule has 21 heavy (non-hydrogen) atoms. The van der Waals surface area contributed by atoms with Crippen LogP contribution in [0, 0.1) is 5.82 Å². The van der Waals surface area contributed by atoms with E-state index in [-0.39, 0.29) is 18.9 Å². The van der Waals surface area contributed by atoms with E-state index in [0.717, 1.165) is 6.92 Å². The van der Waals surface area contributed by atoms with Crippen molar-refractivity contribution in [2.24, 2.45) is 0 Å². The fourth-order valence-corrected chi connectivity index (χ4v) is 2.14. The molecular weight excluding hydrogens is 285 g/mol. The van der Waals surface area contributed by atoms with Crippen molar-refractivity contribution in [1.82, 2.24) is 10.6 Å². The highest BCUT2D eigenvalue weighted by Crippen LogP contribution is 2.33. The summed E-state index contributed by atoms with van der Waals surface area (Å²) in [7, 11) is 0. The van der Waals surface area contributed by atoms with Gasteiger partial charge in [0, 0.05) is 24.9 Å². The van der Waals surface area contributed by atoms with Gasteiger partial charge in [0.2, 0.25) is 5.92 Å². The van der Waals surface area contributed by atoms with Gasteiger partial charge in [0.1, 0.15) is 0 Å². The third kappa shape index (κ3) is 4.27. The van der Waals surface area contributed by atoms with E-state index in [4.69, 9.17) is 4.74 Å². The average Bonchev–Trinajstić information content (AvgIpc) is 2.38. The molecule has 0 spiro atoms. The molecule has 2 amide bonds. The molecule has 1 heterocycles. The Hall–Kier alpha value is -1.92. The molecule has 2 N–H and O–H groups in total. The Kier molecular flexibility index (Phi) is 4.59. The zero-order valence-corrected chi connectivity index (χ0v) is 11.6. The number of urea groups is 1. The summed E-state index contributed by atoms with van der Waals surface area (Å²) in [4.78, 5) is 11.7. The molecule has 1 aliphatic heterocycles. The monoisotopic (exact) mass is 302 g/mol. The number of rotatable bonds is 4. The van der Waals surface area contributed by atoms with Gasteiger partial charge >= 0.3 is 6.03 Å². The molecule has 4 nitrogen and oxygen atoms in total. The number of amides is 2. The van der Waals surface area contributed by atoms with Crippen molar-refractivity contribution in [2.45, 2.75) is 31.7 Å². The van der Waals surface area contributed by atoms with Crippen LogP contribution in [0.4, 0.5) is 18.0 Å². The number of para-hydroxylation sites is 1. The predicted molar refractivity (Wildman–Crippen MR) is 71.0 cm³/mol. The molecule has 116 valence electrons. The van der Waals surface area contributed by atoms with Crippen molar-refractivity contribution < 1.29 is 22.7 Å². The number of fused-ring (bicyclic) bond motifs is 1. The Morgan fingerprint density at radius 2 is 2.24 bits per heavy atom. The standard InChI is InChI=1S/C14H17F3N2O2/c1-14(16,17)6-7-18-13(20)19-11-5-8-21-12-9(11)3-2-4-10(12)15/h2-4,11H,5-8H2,1H3,(H2,18,19,20)/t11-/m0/s1. The molecule has 0 saturated heterocycles. The van der Waals surface area contributed by atoms with Gasteiger partial charge in [-0.2, -0.15) is 0 Å². The van der Waals surface area contributed by atoms with Gasteiger partial charge in [0.25, 0.3) is 0 Å². The molecule has 1 aromatic carbocycles. The van der Waals surface area contributed by atoms with Gasteiger partial charge in [0.05, 0.1) is 12.6 Å². The lowest BCUT2D eigenvalue weighted by molar-refractivity contribution is 0.0142. The van der Waals surface area contributed by atoms with Crippen molar-refractivity contribution >= 4 is 6.03 Å². The number of ether oxygens (including phenoxy) is 1. The Bertz CT molecular complexity index is 517. The highest BCUT2D eigenvalue weighted by Gasteiger charge is 2.26. The minimum absolute atomic E-state index is 0.130. The topological polar surface area (TPSA) is 50.4 Å². The molecule has 0 aliphatic carbocycles.